The first kappa shape index (κ1) is 25.6. The Balaban J connectivity index is 0.00000306. The third-order valence-corrected chi connectivity index (χ3v) is 6.49. The summed E-state index contributed by atoms with van der Waals surface area (Å²) in [6, 6.07) is 10.7. The Kier molecular flexibility index (Phi) is 10.1. The maximum Gasteiger partial charge on any atom is 0.225 e. The van der Waals surface area contributed by atoms with Gasteiger partial charge < -0.3 is 20.0 Å². The minimum atomic E-state index is 0. The molecule has 0 bridgehead atoms. The molecule has 0 unspecified atom stereocenters. The minimum absolute atomic E-state index is 0. The number of guanidine groups is 1. The largest absolute Gasteiger partial charge is 0.352 e. The fraction of sp³-hybridized carbons (Fsp3) is 0.542. The van der Waals surface area contributed by atoms with Crippen LogP contribution in [0.2, 0.25) is 0 Å². The van der Waals surface area contributed by atoms with Crippen LogP contribution in [0.25, 0.3) is 0 Å². The molecule has 0 amide bonds. The second-order valence-electron chi connectivity index (χ2n) is 8.40. The molecule has 0 saturated carbocycles. The minimum Gasteiger partial charge on any atom is -0.352 e. The molecule has 3 heterocycles. The molecule has 0 spiro atoms. The van der Waals surface area contributed by atoms with Crippen molar-refractivity contribution in [3.63, 3.8) is 0 Å². The van der Waals surface area contributed by atoms with Crippen molar-refractivity contribution in [1.82, 2.24) is 30.0 Å². The van der Waals surface area contributed by atoms with Crippen molar-refractivity contribution < 1.29 is 0 Å². The van der Waals surface area contributed by atoms with Crippen LogP contribution in [-0.4, -0.2) is 96.6 Å². The zero-order valence-corrected chi connectivity index (χ0v) is 22.2. The highest BCUT2D eigenvalue weighted by Gasteiger charge is 2.21. The molecule has 8 nitrogen and oxygen atoms in total. The van der Waals surface area contributed by atoms with E-state index in [0.717, 1.165) is 70.8 Å². The highest BCUT2D eigenvalue weighted by molar-refractivity contribution is 14.0. The Bertz CT molecular complexity index is 862. The molecule has 2 aliphatic rings. The molecular formula is C24H37IN8. The lowest BCUT2D eigenvalue weighted by molar-refractivity contribution is 0.131. The molecule has 0 radical (unpaired) electrons. The zero-order chi connectivity index (χ0) is 22.2. The van der Waals surface area contributed by atoms with Gasteiger partial charge in [-0.15, -0.1) is 24.0 Å². The third-order valence-electron chi connectivity index (χ3n) is 6.49. The predicted octanol–water partition coefficient (Wildman–Crippen LogP) is 2.13. The number of nitrogens with zero attached hydrogens (tertiary/aromatic N) is 7. The van der Waals surface area contributed by atoms with Gasteiger partial charge in [0, 0.05) is 84.9 Å². The third kappa shape index (κ3) is 7.00. The van der Waals surface area contributed by atoms with Gasteiger partial charge in [-0.05, 0) is 23.7 Å². The van der Waals surface area contributed by atoms with Gasteiger partial charge in [-0.25, -0.2) is 9.97 Å². The number of halogens is 1. The summed E-state index contributed by atoms with van der Waals surface area (Å²) in [6.45, 7) is 13.4. The molecule has 1 aromatic heterocycles. The Hall–Kier alpha value is -1.98. The predicted molar refractivity (Wildman–Crippen MR) is 145 cm³/mol. The Morgan fingerprint density at radius 1 is 0.879 bits per heavy atom. The van der Waals surface area contributed by atoms with Crippen LogP contribution >= 0.6 is 24.0 Å². The number of piperazine rings is 2. The lowest BCUT2D eigenvalue weighted by Crippen LogP contribution is -2.52. The summed E-state index contributed by atoms with van der Waals surface area (Å²) in [6.07, 6.45) is 3.60. The SMILES string of the molecule is CCN1CCN(Cc2ccccc2CNC(=NC)N2CCN(c3ncccn3)CC2)CC1.I. The number of rotatable bonds is 6. The van der Waals surface area contributed by atoms with Crippen molar-refractivity contribution in [2.24, 2.45) is 4.99 Å². The van der Waals surface area contributed by atoms with Crippen molar-refractivity contribution in [3.05, 3.63) is 53.9 Å². The molecule has 2 saturated heterocycles. The first-order valence-corrected chi connectivity index (χ1v) is 11.8. The molecule has 2 aliphatic heterocycles. The van der Waals surface area contributed by atoms with Crippen molar-refractivity contribution in [1.29, 1.82) is 0 Å². The van der Waals surface area contributed by atoms with Gasteiger partial charge in [0.25, 0.3) is 0 Å². The van der Waals surface area contributed by atoms with Crippen LogP contribution in [-0.2, 0) is 13.1 Å². The Morgan fingerprint density at radius 3 is 2.15 bits per heavy atom. The summed E-state index contributed by atoms with van der Waals surface area (Å²) in [4.78, 5) is 23.0. The van der Waals surface area contributed by atoms with Crippen molar-refractivity contribution in [2.75, 3.05) is 70.9 Å². The lowest BCUT2D eigenvalue weighted by Gasteiger charge is -2.36. The highest BCUT2D eigenvalue weighted by atomic mass is 127. The van der Waals surface area contributed by atoms with Crippen LogP contribution < -0.4 is 10.2 Å². The van der Waals surface area contributed by atoms with E-state index in [9.17, 15) is 0 Å². The van der Waals surface area contributed by atoms with Gasteiger partial charge in [0.15, 0.2) is 5.96 Å². The van der Waals surface area contributed by atoms with Crippen LogP contribution in [0, 0.1) is 0 Å². The monoisotopic (exact) mass is 564 g/mol. The number of nitrogens with one attached hydrogen (secondary N) is 1. The van der Waals surface area contributed by atoms with E-state index >= 15 is 0 Å². The smallest absolute Gasteiger partial charge is 0.225 e. The van der Waals surface area contributed by atoms with Gasteiger partial charge in [-0.3, -0.25) is 9.89 Å². The molecule has 2 aromatic rings. The van der Waals surface area contributed by atoms with E-state index in [1.807, 2.05) is 13.1 Å². The van der Waals surface area contributed by atoms with Crippen LogP contribution in [0.1, 0.15) is 18.1 Å². The summed E-state index contributed by atoms with van der Waals surface area (Å²) in [5.74, 6) is 1.77. The van der Waals surface area contributed by atoms with Gasteiger partial charge in [0.2, 0.25) is 5.95 Å². The van der Waals surface area contributed by atoms with E-state index in [2.05, 4.69) is 71.1 Å². The molecule has 1 aromatic carbocycles. The van der Waals surface area contributed by atoms with Crippen molar-refractivity contribution in [3.8, 4) is 0 Å². The molecule has 33 heavy (non-hydrogen) atoms. The number of anilines is 1. The van der Waals surface area contributed by atoms with E-state index < -0.39 is 0 Å². The van der Waals surface area contributed by atoms with E-state index in [1.54, 1.807) is 12.4 Å². The number of likely N-dealkylation sites (N-methyl/N-ethyl adjacent to an activating group) is 1. The zero-order valence-electron chi connectivity index (χ0n) is 19.9. The molecular weight excluding hydrogens is 527 g/mol. The Morgan fingerprint density at radius 2 is 1.52 bits per heavy atom. The van der Waals surface area contributed by atoms with Gasteiger partial charge >= 0.3 is 0 Å². The van der Waals surface area contributed by atoms with Crippen LogP contribution in [0.5, 0.6) is 0 Å². The second kappa shape index (κ2) is 13.0. The number of aromatic nitrogens is 2. The first-order valence-electron chi connectivity index (χ1n) is 11.8. The van der Waals surface area contributed by atoms with E-state index in [4.69, 9.17) is 0 Å². The van der Waals surface area contributed by atoms with Crippen LogP contribution in [0.3, 0.4) is 0 Å². The average Bonchev–Trinajstić information content (AvgIpc) is 2.87. The van der Waals surface area contributed by atoms with Crippen molar-refractivity contribution >= 4 is 35.9 Å². The standard InChI is InChI=1S/C24H36N8.HI/c1-3-29-11-13-30(14-12-29)20-22-8-5-4-7-21(22)19-28-23(25-2)31-15-17-32(18-16-31)24-26-9-6-10-27-24;/h4-10H,3,11-20H2,1-2H3,(H,25,28);1H. The Labute approximate surface area is 215 Å². The molecule has 4 rings (SSSR count). The molecule has 0 atom stereocenters. The second-order valence-corrected chi connectivity index (χ2v) is 8.40. The first-order chi connectivity index (χ1) is 15.8. The normalized spacial score (nSPS) is 18.2. The number of benzene rings is 1. The quantitative estimate of drug-likeness (QED) is 0.328. The summed E-state index contributed by atoms with van der Waals surface area (Å²) in [5.41, 5.74) is 2.76. The fourth-order valence-corrected chi connectivity index (χ4v) is 4.47. The van der Waals surface area contributed by atoms with E-state index in [-0.39, 0.29) is 24.0 Å². The summed E-state index contributed by atoms with van der Waals surface area (Å²) < 4.78 is 0. The van der Waals surface area contributed by atoms with E-state index in [1.165, 1.54) is 24.2 Å². The highest BCUT2D eigenvalue weighted by Crippen LogP contribution is 2.14. The topological polar surface area (TPSA) is 63.1 Å². The van der Waals surface area contributed by atoms with Crippen LogP contribution in [0.4, 0.5) is 5.95 Å². The number of aliphatic imine (C=N–C) groups is 1. The summed E-state index contributed by atoms with van der Waals surface area (Å²) in [5, 5.41) is 3.60. The maximum absolute atomic E-state index is 4.55. The van der Waals surface area contributed by atoms with Crippen LogP contribution in [0.15, 0.2) is 47.7 Å². The van der Waals surface area contributed by atoms with Crippen molar-refractivity contribution in [2.45, 2.75) is 20.0 Å². The number of hydrogen-bond donors (Lipinski definition) is 1. The average molecular weight is 565 g/mol. The lowest BCUT2D eigenvalue weighted by atomic mass is 10.1. The van der Waals surface area contributed by atoms with Gasteiger partial charge in [0.05, 0.1) is 0 Å². The van der Waals surface area contributed by atoms with Gasteiger partial charge in [0.1, 0.15) is 0 Å². The molecule has 2 fully saturated rings. The summed E-state index contributed by atoms with van der Waals surface area (Å²) >= 11 is 0. The van der Waals surface area contributed by atoms with Gasteiger partial charge in [-0.2, -0.15) is 0 Å². The molecule has 1 N–H and O–H groups in total. The molecule has 0 aliphatic carbocycles. The molecule has 180 valence electrons. The van der Waals surface area contributed by atoms with Gasteiger partial charge in [-0.1, -0.05) is 31.2 Å². The van der Waals surface area contributed by atoms with E-state index in [0.29, 0.717) is 0 Å². The maximum atomic E-state index is 4.55. The fourth-order valence-electron chi connectivity index (χ4n) is 4.47. The molecule has 9 heteroatoms. The number of hydrogen-bond acceptors (Lipinski definition) is 6. The summed E-state index contributed by atoms with van der Waals surface area (Å²) in [7, 11) is 1.87.